The van der Waals surface area contributed by atoms with Crippen molar-refractivity contribution >= 4 is 11.6 Å². The Morgan fingerprint density at radius 2 is 1.85 bits per heavy atom. The molecule has 1 aromatic carbocycles. The normalized spacial score (nSPS) is 23.4. The monoisotopic (exact) mass is 300 g/mol. The summed E-state index contributed by atoms with van der Waals surface area (Å²) in [6.45, 7) is 2.74. The lowest BCUT2D eigenvalue weighted by molar-refractivity contribution is 0.119. The highest BCUT2D eigenvalue weighted by Gasteiger charge is 2.32. The molecule has 1 fully saturated rings. The second kappa shape index (κ2) is 6.55. The third kappa shape index (κ3) is 2.81. The lowest BCUT2D eigenvalue weighted by atomic mass is 9.95. The molecule has 20 heavy (non-hydrogen) atoms. The molecule has 0 spiro atoms. The van der Waals surface area contributed by atoms with Crippen LogP contribution in [0.15, 0.2) is 12.1 Å². The topological polar surface area (TPSA) is 36.9 Å². The van der Waals surface area contributed by atoms with E-state index in [1.54, 1.807) is 21.3 Å². The fourth-order valence-corrected chi connectivity index (χ4v) is 3.00. The van der Waals surface area contributed by atoms with E-state index >= 15 is 0 Å². The van der Waals surface area contributed by atoms with Crippen LogP contribution in [-0.4, -0.2) is 34.0 Å². The first kappa shape index (κ1) is 15.3. The maximum atomic E-state index is 6.63. The standard InChI is InChI=1S/C15H21ClO4/c1-9-7-10(8-20-9)13(16)11-5-6-12(17-2)15(19-4)14(11)18-3/h5-6,9-10,13H,7-8H2,1-4H3. The quantitative estimate of drug-likeness (QED) is 0.781. The summed E-state index contributed by atoms with van der Waals surface area (Å²) >= 11 is 6.63. The molecule has 1 heterocycles. The van der Waals surface area contributed by atoms with Crippen LogP contribution in [0.4, 0.5) is 0 Å². The van der Waals surface area contributed by atoms with Crippen molar-refractivity contribution < 1.29 is 18.9 Å². The van der Waals surface area contributed by atoms with Crippen molar-refractivity contribution in [1.29, 1.82) is 0 Å². The minimum atomic E-state index is -0.172. The summed E-state index contributed by atoms with van der Waals surface area (Å²) in [6.07, 6.45) is 1.21. The van der Waals surface area contributed by atoms with Gasteiger partial charge < -0.3 is 18.9 Å². The van der Waals surface area contributed by atoms with Crippen LogP contribution in [0.5, 0.6) is 17.2 Å². The van der Waals surface area contributed by atoms with Crippen molar-refractivity contribution in [2.24, 2.45) is 5.92 Å². The number of alkyl halides is 1. The van der Waals surface area contributed by atoms with Gasteiger partial charge in [-0.1, -0.05) is 0 Å². The van der Waals surface area contributed by atoms with Gasteiger partial charge in [-0.25, -0.2) is 0 Å². The highest BCUT2D eigenvalue weighted by Crippen LogP contribution is 2.47. The first-order valence-electron chi connectivity index (χ1n) is 6.66. The molecule has 0 bridgehead atoms. The summed E-state index contributed by atoms with van der Waals surface area (Å²) < 4.78 is 21.8. The number of benzene rings is 1. The van der Waals surface area contributed by atoms with E-state index in [4.69, 9.17) is 30.5 Å². The highest BCUT2D eigenvalue weighted by molar-refractivity contribution is 6.21. The van der Waals surface area contributed by atoms with E-state index in [2.05, 4.69) is 6.92 Å². The number of halogens is 1. The van der Waals surface area contributed by atoms with Crippen LogP contribution >= 0.6 is 11.6 Å². The molecule has 4 nitrogen and oxygen atoms in total. The molecular formula is C15H21ClO4. The molecule has 0 saturated carbocycles. The molecular weight excluding hydrogens is 280 g/mol. The zero-order valence-electron chi connectivity index (χ0n) is 12.3. The van der Waals surface area contributed by atoms with Crippen LogP contribution in [0.3, 0.4) is 0 Å². The van der Waals surface area contributed by atoms with Gasteiger partial charge in [0.2, 0.25) is 5.75 Å². The predicted molar refractivity (Wildman–Crippen MR) is 78.2 cm³/mol. The molecule has 0 N–H and O–H groups in total. The molecule has 2 rings (SSSR count). The Kier molecular flexibility index (Phi) is 5.00. The van der Waals surface area contributed by atoms with E-state index in [0.29, 0.717) is 23.9 Å². The van der Waals surface area contributed by atoms with E-state index < -0.39 is 0 Å². The lowest BCUT2D eigenvalue weighted by Crippen LogP contribution is -2.10. The van der Waals surface area contributed by atoms with Crippen molar-refractivity contribution in [3.05, 3.63) is 17.7 Å². The van der Waals surface area contributed by atoms with Crippen molar-refractivity contribution in [2.45, 2.75) is 24.8 Å². The highest BCUT2D eigenvalue weighted by atomic mass is 35.5. The average molecular weight is 301 g/mol. The van der Waals surface area contributed by atoms with Gasteiger partial charge in [-0.3, -0.25) is 0 Å². The van der Waals surface area contributed by atoms with Gasteiger partial charge in [0.25, 0.3) is 0 Å². The first-order chi connectivity index (χ1) is 9.62. The van der Waals surface area contributed by atoms with Gasteiger partial charge in [-0.15, -0.1) is 11.6 Å². The third-order valence-electron chi connectivity index (χ3n) is 3.68. The molecule has 1 aromatic rings. The number of hydrogen-bond acceptors (Lipinski definition) is 4. The molecule has 1 aliphatic rings. The van der Waals surface area contributed by atoms with Crippen LogP contribution in [-0.2, 0) is 4.74 Å². The molecule has 5 heteroatoms. The zero-order valence-corrected chi connectivity index (χ0v) is 13.1. The molecule has 0 radical (unpaired) electrons. The second-order valence-corrected chi connectivity index (χ2v) is 5.44. The van der Waals surface area contributed by atoms with Crippen LogP contribution in [0.1, 0.15) is 24.3 Å². The van der Waals surface area contributed by atoms with Crippen molar-refractivity contribution in [3.8, 4) is 17.2 Å². The minimum absolute atomic E-state index is 0.172. The SMILES string of the molecule is COc1ccc(C(Cl)C2COC(C)C2)c(OC)c1OC. The number of methoxy groups -OCH3 is 3. The molecule has 3 unspecified atom stereocenters. The van der Waals surface area contributed by atoms with Gasteiger partial charge >= 0.3 is 0 Å². The number of rotatable bonds is 5. The molecule has 3 atom stereocenters. The van der Waals surface area contributed by atoms with Crippen LogP contribution in [0.25, 0.3) is 0 Å². The Bertz CT molecular complexity index is 463. The van der Waals surface area contributed by atoms with E-state index in [0.717, 1.165) is 12.0 Å². The number of ether oxygens (including phenoxy) is 4. The van der Waals surface area contributed by atoms with Gasteiger partial charge in [0.1, 0.15) is 0 Å². The molecule has 112 valence electrons. The van der Waals surface area contributed by atoms with Crippen LogP contribution in [0, 0.1) is 5.92 Å². The maximum absolute atomic E-state index is 6.63. The zero-order chi connectivity index (χ0) is 14.7. The summed E-state index contributed by atoms with van der Waals surface area (Å²) in [5.74, 6) is 2.11. The average Bonchev–Trinajstić information content (AvgIpc) is 2.91. The van der Waals surface area contributed by atoms with Crippen molar-refractivity contribution in [3.63, 3.8) is 0 Å². The first-order valence-corrected chi connectivity index (χ1v) is 7.10. The predicted octanol–water partition coefficient (Wildman–Crippen LogP) is 3.42. The van der Waals surface area contributed by atoms with Gasteiger partial charge in [0, 0.05) is 11.5 Å². The van der Waals surface area contributed by atoms with Gasteiger partial charge in [-0.05, 0) is 25.5 Å². The van der Waals surface area contributed by atoms with Crippen molar-refractivity contribution in [1.82, 2.24) is 0 Å². The fraction of sp³-hybridized carbons (Fsp3) is 0.600. The summed E-state index contributed by atoms with van der Waals surface area (Å²) in [4.78, 5) is 0. The van der Waals surface area contributed by atoms with Gasteiger partial charge in [-0.2, -0.15) is 0 Å². The van der Waals surface area contributed by atoms with E-state index in [1.165, 1.54) is 0 Å². The minimum Gasteiger partial charge on any atom is -0.493 e. The maximum Gasteiger partial charge on any atom is 0.203 e. The summed E-state index contributed by atoms with van der Waals surface area (Å²) in [5.41, 5.74) is 0.912. The Labute approximate surface area is 124 Å². The van der Waals surface area contributed by atoms with E-state index in [-0.39, 0.29) is 17.4 Å². The van der Waals surface area contributed by atoms with E-state index in [1.807, 2.05) is 12.1 Å². The summed E-state index contributed by atoms with van der Waals surface area (Å²) in [5, 5.41) is -0.172. The summed E-state index contributed by atoms with van der Waals surface area (Å²) in [6, 6.07) is 3.78. The van der Waals surface area contributed by atoms with Crippen LogP contribution < -0.4 is 14.2 Å². The Hall–Kier alpha value is -1.13. The van der Waals surface area contributed by atoms with Crippen LogP contribution in [0.2, 0.25) is 0 Å². The molecule has 0 amide bonds. The summed E-state index contributed by atoms with van der Waals surface area (Å²) in [7, 11) is 4.80. The number of hydrogen-bond donors (Lipinski definition) is 0. The molecule has 0 aliphatic carbocycles. The lowest BCUT2D eigenvalue weighted by Gasteiger charge is -2.21. The van der Waals surface area contributed by atoms with Gasteiger partial charge in [0.15, 0.2) is 11.5 Å². The largest absolute Gasteiger partial charge is 0.493 e. The van der Waals surface area contributed by atoms with Gasteiger partial charge in [0.05, 0.1) is 39.4 Å². The molecule has 1 saturated heterocycles. The van der Waals surface area contributed by atoms with Crippen molar-refractivity contribution in [2.75, 3.05) is 27.9 Å². The smallest absolute Gasteiger partial charge is 0.203 e. The fourth-order valence-electron chi connectivity index (χ4n) is 2.65. The molecule has 1 aliphatic heterocycles. The molecule has 0 aromatic heterocycles. The third-order valence-corrected chi connectivity index (χ3v) is 4.27. The second-order valence-electron chi connectivity index (χ2n) is 4.97. The van der Waals surface area contributed by atoms with E-state index in [9.17, 15) is 0 Å². The Morgan fingerprint density at radius 1 is 1.15 bits per heavy atom. The Morgan fingerprint density at radius 3 is 2.35 bits per heavy atom. The Balaban J connectivity index is 2.35.